The van der Waals surface area contributed by atoms with Crippen LogP contribution in [0.25, 0.3) is 0 Å². The highest BCUT2D eigenvalue weighted by molar-refractivity contribution is 9.10. The van der Waals surface area contributed by atoms with E-state index in [1.54, 1.807) is 0 Å². The van der Waals surface area contributed by atoms with Crippen LogP contribution in [0.15, 0.2) is 27.7 Å². The molecule has 1 heterocycles. The molecule has 0 saturated carbocycles. The Labute approximate surface area is 152 Å². The molecular weight excluding hydrogens is 370 g/mol. The summed E-state index contributed by atoms with van der Waals surface area (Å²) in [6, 6.07) is 6.27. The van der Waals surface area contributed by atoms with E-state index in [1.165, 1.54) is 18.2 Å². The zero-order valence-electron chi connectivity index (χ0n) is 14.6. The monoisotopic (exact) mass is 395 g/mol. The molecule has 0 bridgehead atoms. The number of guanidine groups is 1. The van der Waals surface area contributed by atoms with Gasteiger partial charge in [-0.3, -0.25) is 4.79 Å². The topological polar surface area (TPSA) is 53.9 Å². The number of nitrogens with zero attached hydrogens (tertiary/aromatic N) is 2. The number of piperidine rings is 1. The second kappa shape index (κ2) is 9.06. The van der Waals surface area contributed by atoms with Crippen LogP contribution in [-0.2, 0) is 16.1 Å². The van der Waals surface area contributed by atoms with Crippen molar-refractivity contribution < 1.29 is 9.53 Å². The van der Waals surface area contributed by atoms with Gasteiger partial charge in [-0.15, -0.1) is 0 Å². The Balaban J connectivity index is 2.02. The molecule has 2 rings (SSSR count). The third-order valence-electron chi connectivity index (χ3n) is 4.37. The largest absolute Gasteiger partial charge is 0.469 e. The first kappa shape index (κ1) is 18.8. The molecule has 1 aliphatic rings. The predicted octanol–water partition coefficient (Wildman–Crippen LogP) is 3.11. The van der Waals surface area contributed by atoms with Crippen molar-refractivity contribution >= 4 is 27.9 Å². The van der Waals surface area contributed by atoms with Crippen LogP contribution in [0, 0.1) is 12.8 Å². The molecule has 0 spiro atoms. The molecule has 132 valence electrons. The molecule has 1 aromatic rings. The van der Waals surface area contributed by atoms with E-state index in [9.17, 15) is 4.79 Å². The summed E-state index contributed by atoms with van der Waals surface area (Å²) in [6.45, 7) is 7.30. The summed E-state index contributed by atoms with van der Waals surface area (Å²) < 4.78 is 5.94. The van der Waals surface area contributed by atoms with Crippen LogP contribution in [0.2, 0.25) is 0 Å². The first-order valence-electron chi connectivity index (χ1n) is 8.41. The Morgan fingerprint density at radius 3 is 2.71 bits per heavy atom. The molecule has 6 heteroatoms. The molecule has 0 atom stereocenters. The van der Waals surface area contributed by atoms with Crippen LogP contribution < -0.4 is 5.32 Å². The van der Waals surface area contributed by atoms with Crippen molar-refractivity contribution in [2.75, 3.05) is 26.7 Å². The van der Waals surface area contributed by atoms with Crippen LogP contribution in [0.4, 0.5) is 0 Å². The lowest BCUT2D eigenvalue weighted by atomic mass is 9.97. The predicted molar refractivity (Wildman–Crippen MR) is 100 cm³/mol. The molecule has 0 aromatic heterocycles. The van der Waals surface area contributed by atoms with E-state index in [4.69, 9.17) is 9.73 Å². The average Bonchev–Trinajstić information content (AvgIpc) is 2.59. The number of aryl methyl sites for hydroxylation is 1. The van der Waals surface area contributed by atoms with Crippen molar-refractivity contribution in [3.8, 4) is 0 Å². The second-order valence-corrected chi connectivity index (χ2v) is 6.94. The Bertz CT molecular complexity index is 596. The minimum absolute atomic E-state index is 0.0165. The number of likely N-dealkylation sites (tertiary alicyclic amines) is 1. The standard InChI is InChI=1S/C18H26BrN3O2/c1-4-20-18(21-12-15-5-6-16(19)11-13(15)2)22-9-7-14(8-10-22)17(23)24-3/h5-6,11,14H,4,7-10,12H2,1-3H3,(H,20,21). The molecule has 1 N–H and O–H groups in total. The van der Waals surface area contributed by atoms with Gasteiger partial charge in [0.25, 0.3) is 0 Å². The summed E-state index contributed by atoms with van der Waals surface area (Å²) in [7, 11) is 1.46. The Kier molecular flexibility index (Phi) is 7.09. The summed E-state index contributed by atoms with van der Waals surface area (Å²) in [6.07, 6.45) is 1.63. The number of nitrogens with one attached hydrogen (secondary N) is 1. The molecular formula is C18H26BrN3O2. The number of carbonyl (C=O) groups excluding carboxylic acids is 1. The van der Waals surface area contributed by atoms with Gasteiger partial charge in [0.15, 0.2) is 5.96 Å². The van der Waals surface area contributed by atoms with Crippen LogP contribution in [0.1, 0.15) is 30.9 Å². The van der Waals surface area contributed by atoms with Gasteiger partial charge in [0.05, 0.1) is 19.6 Å². The quantitative estimate of drug-likeness (QED) is 0.483. The van der Waals surface area contributed by atoms with Crippen LogP contribution >= 0.6 is 15.9 Å². The van der Waals surface area contributed by atoms with Gasteiger partial charge in [0, 0.05) is 24.1 Å². The summed E-state index contributed by atoms with van der Waals surface area (Å²) in [4.78, 5) is 18.7. The third kappa shape index (κ3) is 4.97. The summed E-state index contributed by atoms with van der Waals surface area (Å²) in [5.41, 5.74) is 2.45. The number of benzene rings is 1. The van der Waals surface area contributed by atoms with Crippen molar-refractivity contribution in [1.29, 1.82) is 0 Å². The molecule has 1 saturated heterocycles. The maximum absolute atomic E-state index is 11.7. The molecule has 0 aliphatic carbocycles. The summed E-state index contributed by atoms with van der Waals surface area (Å²) >= 11 is 3.49. The van der Waals surface area contributed by atoms with Gasteiger partial charge in [-0.25, -0.2) is 4.99 Å². The van der Waals surface area contributed by atoms with Gasteiger partial charge in [-0.1, -0.05) is 22.0 Å². The number of hydrogen-bond donors (Lipinski definition) is 1. The first-order chi connectivity index (χ1) is 11.5. The summed E-state index contributed by atoms with van der Waals surface area (Å²) in [5.74, 6) is 0.841. The highest BCUT2D eigenvalue weighted by atomic mass is 79.9. The maximum Gasteiger partial charge on any atom is 0.308 e. The van der Waals surface area contributed by atoms with Crippen molar-refractivity contribution in [2.24, 2.45) is 10.9 Å². The lowest BCUT2D eigenvalue weighted by Crippen LogP contribution is -2.46. The molecule has 0 amide bonds. The Hall–Kier alpha value is -1.56. The van der Waals surface area contributed by atoms with Crippen molar-refractivity contribution in [3.05, 3.63) is 33.8 Å². The van der Waals surface area contributed by atoms with Crippen molar-refractivity contribution in [3.63, 3.8) is 0 Å². The molecule has 1 fully saturated rings. The number of aliphatic imine (C=N–C) groups is 1. The first-order valence-corrected chi connectivity index (χ1v) is 9.20. The molecule has 1 aromatic carbocycles. The van der Waals surface area contributed by atoms with Crippen LogP contribution in [0.5, 0.6) is 0 Å². The lowest BCUT2D eigenvalue weighted by Gasteiger charge is -2.33. The SMILES string of the molecule is CCNC(=NCc1ccc(Br)cc1C)N1CCC(C(=O)OC)CC1. The lowest BCUT2D eigenvalue weighted by molar-refractivity contribution is -0.146. The number of hydrogen-bond acceptors (Lipinski definition) is 3. The van der Waals surface area contributed by atoms with Crippen LogP contribution in [-0.4, -0.2) is 43.6 Å². The third-order valence-corrected chi connectivity index (χ3v) is 4.86. The van der Waals surface area contributed by atoms with Gasteiger partial charge < -0.3 is 15.0 Å². The Morgan fingerprint density at radius 1 is 1.42 bits per heavy atom. The number of rotatable bonds is 4. The molecule has 0 radical (unpaired) electrons. The second-order valence-electron chi connectivity index (χ2n) is 6.03. The zero-order chi connectivity index (χ0) is 17.5. The fourth-order valence-electron chi connectivity index (χ4n) is 2.92. The van der Waals surface area contributed by atoms with Crippen LogP contribution in [0.3, 0.4) is 0 Å². The van der Waals surface area contributed by atoms with Gasteiger partial charge in [0.1, 0.15) is 0 Å². The fraction of sp³-hybridized carbons (Fsp3) is 0.556. The zero-order valence-corrected chi connectivity index (χ0v) is 16.2. The van der Waals surface area contributed by atoms with E-state index in [0.29, 0.717) is 6.54 Å². The minimum atomic E-state index is -0.0953. The molecule has 1 aliphatic heterocycles. The number of esters is 1. The van der Waals surface area contributed by atoms with Crippen molar-refractivity contribution in [2.45, 2.75) is 33.2 Å². The van der Waals surface area contributed by atoms with E-state index in [-0.39, 0.29) is 11.9 Å². The molecule has 0 unspecified atom stereocenters. The number of carbonyl (C=O) groups is 1. The minimum Gasteiger partial charge on any atom is -0.469 e. The maximum atomic E-state index is 11.7. The molecule has 24 heavy (non-hydrogen) atoms. The summed E-state index contributed by atoms with van der Waals surface area (Å²) in [5, 5.41) is 3.36. The molecule has 5 nitrogen and oxygen atoms in total. The Morgan fingerprint density at radius 2 is 2.12 bits per heavy atom. The fourth-order valence-corrected chi connectivity index (χ4v) is 3.39. The van der Waals surface area contributed by atoms with Gasteiger partial charge in [0.2, 0.25) is 0 Å². The number of methoxy groups -OCH3 is 1. The van der Waals surface area contributed by atoms with E-state index in [2.05, 4.69) is 52.1 Å². The van der Waals surface area contributed by atoms with E-state index in [0.717, 1.165) is 42.9 Å². The van der Waals surface area contributed by atoms with Gasteiger partial charge in [-0.05, 0) is 49.9 Å². The highest BCUT2D eigenvalue weighted by Crippen LogP contribution is 2.19. The van der Waals surface area contributed by atoms with E-state index < -0.39 is 0 Å². The smallest absolute Gasteiger partial charge is 0.308 e. The van der Waals surface area contributed by atoms with Gasteiger partial charge in [-0.2, -0.15) is 0 Å². The van der Waals surface area contributed by atoms with E-state index in [1.807, 2.05) is 6.07 Å². The number of halogens is 1. The number of ether oxygens (including phenoxy) is 1. The normalized spacial score (nSPS) is 16.2. The van der Waals surface area contributed by atoms with E-state index >= 15 is 0 Å². The highest BCUT2D eigenvalue weighted by Gasteiger charge is 2.26. The van der Waals surface area contributed by atoms with Crippen molar-refractivity contribution in [1.82, 2.24) is 10.2 Å². The van der Waals surface area contributed by atoms with Gasteiger partial charge >= 0.3 is 5.97 Å². The average molecular weight is 396 g/mol.